The van der Waals surface area contributed by atoms with Gasteiger partial charge in [0, 0.05) is 13.1 Å². The van der Waals surface area contributed by atoms with E-state index in [2.05, 4.69) is 4.90 Å². The first-order chi connectivity index (χ1) is 11.2. The molecule has 1 heterocycles. The van der Waals surface area contributed by atoms with Gasteiger partial charge in [0.25, 0.3) is 0 Å². The SMILES string of the molecule is COC(=O)c1ccc(Oc2ccccc2C)c(N2CCCC2)c1. The minimum Gasteiger partial charge on any atom is -0.465 e. The van der Waals surface area contributed by atoms with Crippen molar-refractivity contribution in [3.63, 3.8) is 0 Å². The fourth-order valence-electron chi connectivity index (χ4n) is 2.84. The van der Waals surface area contributed by atoms with Crippen LogP contribution in [0.25, 0.3) is 0 Å². The maximum atomic E-state index is 11.8. The van der Waals surface area contributed by atoms with Crippen LogP contribution in [0.4, 0.5) is 5.69 Å². The summed E-state index contributed by atoms with van der Waals surface area (Å²) in [5.74, 6) is 1.28. The van der Waals surface area contributed by atoms with Gasteiger partial charge in [-0.05, 0) is 49.6 Å². The van der Waals surface area contributed by atoms with Gasteiger partial charge in [0.05, 0.1) is 18.4 Å². The van der Waals surface area contributed by atoms with Crippen LogP contribution in [0.15, 0.2) is 42.5 Å². The lowest BCUT2D eigenvalue weighted by atomic mass is 10.1. The molecule has 4 heteroatoms. The average Bonchev–Trinajstić information content (AvgIpc) is 3.11. The van der Waals surface area contributed by atoms with Crippen LogP contribution in [0.2, 0.25) is 0 Å². The molecule has 0 atom stereocenters. The standard InChI is InChI=1S/C19H21NO3/c1-14-7-3-4-8-17(14)23-18-10-9-15(19(21)22-2)13-16(18)20-11-5-6-12-20/h3-4,7-10,13H,5-6,11-12H2,1-2H3. The number of hydrogen-bond acceptors (Lipinski definition) is 4. The van der Waals surface area contributed by atoms with E-state index in [-0.39, 0.29) is 5.97 Å². The van der Waals surface area contributed by atoms with Gasteiger partial charge in [0.1, 0.15) is 5.75 Å². The number of esters is 1. The summed E-state index contributed by atoms with van der Waals surface area (Å²) >= 11 is 0. The molecule has 3 rings (SSSR count). The van der Waals surface area contributed by atoms with Crippen LogP contribution in [-0.2, 0) is 4.74 Å². The Morgan fingerprint density at radius 2 is 1.78 bits per heavy atom. The molecule has 0 radical (unpaired) electrons. The monoisotopic (exact) mass is 311 g/mol. The Labute approximate surface area is 136 Å². The highest BCUT2D eigenvalue weighted by atomic mass is 16.5. The third-order valence-electron chi connectivity index (χ3n) is 4.14. The molecule has 0 bridgehead atoms. The van der Waals surface area contributed by atoms with E-state index in [1.165, 1.54) is 7.11 Å². The van der Waals surface area contributed by atoms with Crippen LogP contribution in [0.1, 0.15) is 28.8 Å². The number of benzene rings is 2. The minimum absolute atomic E-state index is 0.326. The van der Waals surface area contributed by atoms with Gasteiger partial charge in [-0.15, -0.1) is 0 Å². The van der Waals surface area contributed by atoms with E-state index in [0.717, 1.165) is 48.7 Å². The smallest absolute Gasteiger partial charge is 0.337 e. The Morgan fingerprint density at radius 3 is 2.48 bits per heavy atom. The number of nitrogens with zero attached hydrogens (tertiary/aromatic N) is 1. The van der Waals surface area contributed by atoms with Crippen molar-refractivity contribution in [1.29, 1.82) is 0 Å². The zero-order valence-electron chi connectivity index (χ0n) is 13.5. The molecule has 23 heavy (non-hydrogen) atoms. The molecule has 0 spiro atoms. The molecule has 1 aliphatic heterocycles. The Morgan fingerprint density at radius 1 is 1.04 bits per heavy atom. The fraction of sp³-hybridized carbons (Fsp3) is 0.316. The molecule has 0 unspecified atom stereocenters. The number of carbonyl (C=O) groups excluding carboxylic acids is 1. The third kappa shape index (κ3) is 3.31. The number of methoxy groups -OCH3 is 1. The van der Waals surface area contributed by atoms with Crippen LogP contribution in [0, 0.1) is 6.92 Å². The number of aryl methyl sites for hydroxylation is 1. The van der Waals surface area contributed by atoms with Gasteiger partial charge >= 0.3 is 5.97 Å². The third-order valence-corrected chi connectivity index (χ3v) is 4.14. The van der Waals surface area contributed by atoms with Crippen LogP contribution in [0.3, 0.4) is 0 Å². The van der Waals surface area contributed by atoms with E-state index in [0.29, 0.717) is 5.56 Å². The van der Waals surface area contributed by atoms with Gasteiger partial charge in [-0.1, -0.05) is 18.2 Å². The second kappa shape index (κ2) is 6.73. The molecule has 120 valence electrons. The number of anilines is 1. The summed E-state index contributed by atoms with van der Waals surface area (Å²) in [5.41, 5.74) is 2.58. The second-order valence-electron chi connectivity index (χ2n) is 5.74. The summed E-state index contributed by atoms with van der Waals surface area (Å²) in [6.45, 7) is 3.98. The van der Waals surface area contributed by atoms with E-state index in [9.17, 15) is 4.79 Å². The van der Waals surface area contributed by atoms with Crippen molar-refractivity contribution in [1.82, 2.24) is 0 Å². The van der Waals surface area contributed by atoms with Crippen molar-refractivity contribution >= 4 is 11.7 Å². The molecular weight excluding hydrogens is 290 g/mol. The highest BCUT2D eigenvalue weighted by Crippen LogP contribution is 2.36. The molecule has 4 nitrogen and oxygen atoms in total. The number of rotatable bonds is 4. The first-order valence-corrected chi connectivity index (χ1v) is 7.90. The van der Waals surface area contributed by atoms with Crippen molar-refractivity contribution in [2.45, 2.75) is 19.8 Å². The molecule has 0 saturated carbocycles. The molecule has 2 aromatic rings. The fourth-order valence-corrected chi connectivity index (χ4v) is 2.84. The van der Waals surface area contributed by atoms with Crippen molar-refractivity contribution in [2.24, 2.45) is 0 Å². The number of carbonyl (C=O) groups is 1. The zero-order valence-corrected chi connectivity index (χ0v) is 13.5. The predicted octanol–water partition coefficient (Wildman–Crippen LogP) is 4.17. The second-order valence-corrected chi connectivity index (χ2v) is 5.74. The lowest BCUT2D eigenvalue weighted by molar-refractivity contribution is 0.0601. The van der Waals surface area contributed by atoms with Crippen LogP contribution < -0.4 is 9.64 Å². The average molecular weight is 311 g/mol. The van der Waals surface area contributed by atoms with Crippen molar-refractivity contribution in [2.75, 3.05) is 25.1 Å². The molecule has 0 N–H and O–H groups in total. The summed E-state index contributed by atoms with van der Waals surface area (Å²) in [6.07, 6.45) is 2.32. The van der Waals surface area contributed by atoms with Gasteiger partial charge in [0.2, 0.25) is 0 Å². The molecule has 0 aromatic heterocycles. The molecule has 1 aliphatic rings. The minimum atomic E-state index is -0.326. The van der Waals surface area contributed by atoms with Gasteiger partial charge < -0.3 is 14.4 Å². The Bertz CT molecular complexity index is 706. The van der Waals surface area contributed by atoms with E-state index < -0.39 is 0 Å². The number of para-hydroxylation sites is 1. The van der Waals surface area contributed by atoms with Crippen molar-refractivity contribution in [3.05, 3.63) is 53.6 Å². The lowest BCUT2D eigenvalue weighted by Crippen LogP contribution is -2.19. The molecule has 2 aromatic carbocycles. The topological polar surface area (TPSA) is 38.8 Å². The van der Waals surface area contributed by atoms with E-state index in [1.807, 2.05) is 43.3 Å². The molecule has 1 fully saturated rings. The Kier molecular flexibility index (Phi) is 4.51. The largest absolute Gasteiger partial charge is 0.465 e. The van der Waals surface area contributed by atoms with Gasteiger partial charge in [-0.3, -0.25) is 0 Å². The highest BCUT2D eigenvalue weighted by Gasteiger charge is 2.19. The number of hydrogen-bond donors (Lipinski definition) is 0. The Balaban J connectivity index is 1.98. The summed E-state index contributed by atoms with van der Waals surface area (Å²) in [6, 6.07) is 13.4. The summed E-state index contributed by atoms with van der Waals surface area (Å²) in [5, 5.41) is 0. The molecule has 0 aliphatic carbocycles. The quantitative estimate of drug-likeness (QED) is 0.794. The van der Waals surface area contributed by atoms with E-state index in [4.69, 9.17) is 9.47 Å². The molecular formula is C19H21NO3. The van der Waals surface area contributed by atoms with Crippen molar-refractivity contribution < 1.29 is 14.3 Å². The maximum Gasteiger partial charge on any atom is 0.337 e. The van der Waals surface area contributed by atoms with Gasteiger partial charge in [-0.25, -0.2) is 4.79 Å². The Hall–Kier alpha value is -2.49. The van der Waals surface area contributed by atoms with Gasteiger partial charge in [0.15, 0.2) is 5.75 Å². The van der Waals surface area contributed by atoms with Crippen LogP contribution >= 0.6 is 0 Å². The molecule has 1 saturated heterocycles. The van der Waals surface area contributed by atoms with Crippen LogP contribution in [-0.4, -0.2) is 26.2 Å². The zero-order chi connectivity index (χ0) is 16.2. The summed E-state index contributed by atoms with van der Waals surface area (Å²) < 4.78 is 11.0. The maximum absolute atomic E-state index is 11.8. The first kappa shape index (κ1) is 15.4. The van der Waals surface area contributed by atoms with Gasteiger partial charge in [-0.2, -0.15) is 0 Å². The highest BCUT2D eigenvalue weighted by molar-refractivity contribution is 5.91. The lowest BCUT2D eigenvalue weighted by Gasteiger charge is -2.22. The number of ether oxygens (including phenoxy) is 2. The summed E-state index contributed by atoms with van der Waals surface area (Å²) in [7, 11) is 1.40. The van der Waals surface area contributed by atoms with Crippen molar-refractivity contribution in [3.8, 4) is 11.5 Å². The van der Waals surface area contributed by atoms with E-state index in [1.54, 1.807) is 6.07 Å². The van der Waals surface area contributed by atoms with Crippen LogP contribution in [0.5, 0.6) is 11.5 Å². The summed E-state index contributed by atoms with van der Waals surface area (Å²) in [4.78, 5) is 14.1. The predicted molar refractivity (Wildman–Crippen MR) is 90.5 cm³/mol. The molecule has 0 amide bonds. The van der Waals surface area contributed by atoms with E-state index >= 15 is 0 Å². The first-order valence-electron chi connectivity index (χ1n) is 7.90. The normalized spacial score (nSPS) is 13.9.